The molecule has 1 saturated heterocycles. The highest BCUT2D eigenvalue weighted by Gasteiger charge is 2.20. The average Bonchev–Trinajstić information content (AvgIpc) is 2.56. The van der Waals surface area contributed by atoms with Crippen molar-refractivity contribution in [2.75, 3.05) is 43.4 Å². The molecule has 1 aromatic carbocycles. The molecule has 0 aromatic heterocycles. The number of hydrogen-bond acceptors (Lipinski definition) is 4. The van der Waals surface area contributed by atoms with Crippen LogP contribution in [0, 0.1) is 12.3 Å². The lowest BCUT2D eigenvalue weighted by molar-refractivity contribution is -0.119. The number of nitrogens with zero attached hydrogens (tertiary/aromatic N) is 2. The molecule has 24 heavy (non-hydrogen) atoms. The van der Waals surface area contributed by atoms with E-state index in [-0.39, 0.29) is 6.42 Å². The van der Waals surface area contributed by atoms with Crippen LogP contribution in [0.15, 0.2) is 24.3 Å². The minimum Gasteiger partial charge on any atom is -0.368 e. The largest absolute Gasteiger partial charge is 0.368 e. The van der Waals surface area contributed by atoms with E-state index in [9.17, 15) is 9.59 Å². The normalized spacial score (nSPS) is 16.1. The van der Waals surface area contributed by atoms with Gasteiger partial charge in [0.1, 0.15) is 6.04 Å². The van der Waals surface area contributed by atoms with Crippen molar-refractivity contribution in [1.82, 2.24) is 10.2 Å². The van der Waals surface area contributed by atoms with Crippen molar-refractivity contribution in [2.24, 2.45) is 5.73 Å². The molecule has 1 aliphatic heterocycles. The van der Waals surface area contributed by atoms with Gasteiger partial charge >= 0.3 is 6.03 Å². The first kappa shape index (κ1) is 17.6. The maximum absolute atomic E-state index is 12.2. The molecule has 7 heteroatoms. The van der Waals surface area contributed by atoms with Crippen LogP contribution in [0.3, 0.4) is 0 Å². The summed E-state index contributed by atoms with van der Waals surface area (Å²) < 4.78 is 0. The summed E-state index contributed by atoms with van der Waals surface area (Å²) in [6.07, 6.45) is 5.25. The molecule has 0 radical (unpaired) electrons. The van der Waals surface area contributed by atoms with Crippen LogP contribution in [0.2, 0.25) is 0 Å². The van der Waals surface area contributed by atoms with E-state index in [1.54, 1.807) is 0 Å². The lowest BCUT2D eigenvalue weighted by Crippen LogP contribution is -2.46. The van der Waals surface area contributed by atoms with Crippen LogP contribution >= 0.6 is 0 Å². The molecule has 2 rings (SSSR count). The van der Waals surface area contributed by atoms with Gasteiger partial charge in [0.05, 0.1) is 11.4 Å². The molecule has 1 atom stereocenters. The number of benzene rings is 1. The number of piperazine rings is 1. The third-order valence-corrected chi connectivity index (χ3v) is 3.97. The Morgan fingerprint density at radius 2 is 1.96 bits per heavy atom. The summed E-state index contributed by atoms with van der Waals surface area (Å²) in [6.45, 7) is 3.70. The van der Waals surface area contributed by atoms with Gasteiger partial charge < -0.3 is 26.2 Å². The van der Waals surface area contributed by atoms with Gasteiger partial charge in [-0.15, -0.1) is 12.3 Å². The van der Waals surface area contributed by atoms with E-state index < -0.39 is 18.0 Å². The topological polar surface area (TPSA) is 90.7 Å². The number of nitrogens with one attached hydrogen (secondary N) is 2. The minimum absolute atomic E-state index is 0.0584. The van der Waals surface area contributed by atoms with Gasteiger partial charge in [0.25, 0.3) is 0 Å². The Bertz CT molecular complexity index is 632. The standard InChI is InChI=1S/C17H23N5O2/c1-3-6-14(16(18)23)20-17(24)19-13-7-4-5-8-15(13)22-11-9-21(2)10-12-22/h1,4-5,7-8,14H,6,9-12H2,2H3,(H2,18,23)(H2,19,20,24). The van der Waals surface area contributed by atoms with E-state index in [1.807, 2.05) is 24.3 Å². The van der Waals surface area contributed by atoms with E-state index in [0.717, 1.165) is 31.9 Å². The first-order valence-electron chi connectivity index (χ1n) is 7.84. The van der Waals surface area contributed by atoms with Crippen LogP contribution in [-0.4, -0.2) is 56.1 Å². The number of likely N-dealkylation sites (N-methyl/N-ethyl adjacent to an activating group) is 1. The molecular weight excluding hydrogens is 306 g/mol. The highest BCUT2D eigenvalue weighted by molar-refractivity contribution is 5.96. The second-order valence-electron chi connectivity index (χ2n) is 5.77. The predicted octanol–water partition coefficient (Wildman–Crippen LogP) is 0.437. The molecule has 1 aromatic rings. The molecule has 1 aliphatic rings. The van der Waals surface area contributed by atoms with Crippen molar-refractivity contribution >= 4 is 23.3 Å². The lowest BCUT2D eigenvalue weighted by Gasteiger charge is -2.35. The van der Waals surface area contributed by atoms with Crippen LogP contribution in [-0.2, 0) is 4.79 Å². The van der Waals surface area contributed by atoms with E-state index in [4.69, 9.17) is 12.2 Å². The Hall–Kier alpha value is -2.72. The van der Waals surface area contributed by atoms with Gasteiger partial charge in [-0.25, -0.2) is 4.79 Å². The van der Waals surface area contributed by atoms with Crippen molar-refractivity contribution in [3.8, 4) is 12.3 Å². The van der Waals surface area contributed by atoms with Gasteiger partial charge in [0.2, 0.25) is 5.91 Å². The molecule has 1 fully saturated rings. The Labute approximate surface area is 142 Å². The molecule has 3 amide bonds. The van der Waals surface area contributed by atoms with Gasteiger partial charge in [-0.1, -0.05) is 12.1 Å². The fraction of sp³-hybridized carbons (Fsp3) is 0.412. The summed E-state index contributed by atoms with van der Waals surface area (Å²) >= 11 is 0. The Kier molecular flexibility index (Phi) is 6.04. The van der Waals surface area contributed by atoms with E-state index in [1.165, 1.54) is 0 Å². The van der Waals surface area contributed by atoms with Crippen LogP contribution in [0.4, 0.5) is 16.2 Å². The van der Waals surface area contributed by atoms with Crippen LogP contribution in [0.1, 0.15) is 6.42 Å². The summed E-state index contributed by atoms with van der Waals surface area (Å²) in [7, 11) is 2.09. The molecule has 4 N–H and O–H groups in total. The van der Waals surface area contributed by atoms with E-state index in [2.05, 4.69) is 33.4 Å². The number of carbonyl (C=O) groups is 2. The molecule has 1 unspecified atom stereocenters. The van der Waals surface area contributed by atoms with Gasteiger partial charge in [0, 0.05) is 32.6 Å². The highest BCUT2D eigenvalue weighted by Crippen LogP contribution is 2.26. The number of nitrogens with two attached hydrogens (primary N) is 1. The summed E-state index contributed by atoms with van der Waals surface area (Å²) in [5, 5.41) is 5.29. The zero-order chi connectivity index (χ0) is 17.5. The predicted molar refractivity (Wildman–Crippen MR) is 94.7 cm³/mol. The molecule has 7 nitrogen and oxygen atoms in total. The van der Waals surface area contributed by atoms with Gasteiger partial charge in [-0.05, 0) is 19.2 Å². The molecule has 1 heterocycles. The van der Waals surface area contributed by atoms with Gasteiger partial charge in [0.15, 0.2) is 0 Å². The first-order valence-corrected chi connectivity index (χ1v) is 7.84. The third-order valence-electron chi connectivity index (χ3n) is 3.97. The van der Waals surface area contributed by atoms with E-state index in [0.29, 0.717) is 5.69 Å². The zero-order valence-corrected chi connectivity index (χ0v) is 13.8. The maximum Gasteiger partial charge on any atom is 0.319 e. The van der Waals surface area contributed by atoms with Crippen molar-refractivity contribution in [3.63, 3.8) is 0 Å². The quantitative estimate of drug-likeness (QED) is 0.684. The van der Waals surface area contributed by atoms with Gasteiger partial charge in [-0.2, -0.15) is 0 Å². The highest BCUT2D eigenvalue weighted by atomic mass is 16.2. The second kappa shape index (κ2) is 8.22. The third kappa shape index (κ3) is 4.64. The monoisotopic (exact) mass is 329 g/mol. The number of terminal acetylenes is 1. The van der Waals surface area contributed by atoms with E-state index >= 15 is 0 Å². The minimum atomic E-state index is -0.884. The zero-order valence-electron chi connectivity index (χ0n) is 13.8. The smallest absolute Gasteiger partial charge is 0.319 e. The Morgan fingerprint density at radius 3 is 2.58 bits per heavy atom. The second-order valence-corrected chi connectivity index (χ2v) is 5.77. The number of anilines is 2. The number of urea groups is 1. The lowest BCUT2D eigenvalue weighted by atomic mass is 10.2. The molecular formula is C17H23N5O2. The fourth-order valence-electron chi connectivity index (χ4n) is 2.56. The molecule has 0 spiro atoms. The van der Waals surface area contributed by atoms with Crippen LogP contribution < -0.4 is 21.3 Å². The number of para-hydroxylation sites is 2. The Balaban J connectivity index is 2.05. The number of primary amides is 1. The van der Waals surface area contributed by atoms with Crippen LogP contribution in [0.5, 0.6) is 0 Å². The molecule has 0 saturated carbocycles. The SMILES string of the molecule is C#CCC(NC(=O)Nc1ccccc1N1CCN(C)CC1)C(N)=O. The summed E-state index contributed by atoms with van der Waals surface area (Å²) in [6, 6.07) is 6.19. The average molecular weight is 329 g/mol. The fourth-order valence-corrected chi connectivity index (χ4v) is 2.56. The van der Waals surface area contributed by atoms with Gasteiger partial charge in [-0.3, -0.25) is 4.79 Å². The number of hydrogen-bond donors (Lipinski definition) is 3. The summed E-state index contributed by atoms with van der Waals surface area (Å²) in [5.74, 6) is 1.67. The molecule has 128 valence electrons. The number of rotatable bonds is 5. The van der Waals surface area contributed by atoms with Crippen molar-refractivity contribution in [1.29, 1.82) is 0 Å². The molecule has 0 bridgehead atoms. The number of carbonyl (C=O) groups excluding carboxylic acids is 2. The molecule has 0 aliphatic carbocycles. The van der Waals surface area contributed by atoms with Crippen molar-refractivity contribution < 1.29 is 9.59 Å². The first-order chi connectivity index (χ1) is 11.5. The summed E-state index contributed by atoms with van der Waals surface area (Å²) in [5.41, 5.74) is 6.87. The van der Waals surface area contributed by atoms with Crippen LogP contribution in [0.25, 0.3) is 0 Å². The van der Waals surface area contributed by atoms with Crippen molar-refractivity contribution in [3.05, 3.63) is 24.3 Å². The maximum atomic E-state index is 12.2. The number of amides is 3. The Morgan fingerprint density at radius 1 is 1.29 bits per heavy atom. The summed E-state index contributed by atoms with van der Waals surface area (Å²) in [4.78, 5) is 27.9. The van der Waals surface area contributed by atoms with Crippen molar-refractivity contribution in [2.45, 2.75) is 12.5 Å².